The van der Waals surface area contributed by atoms with E-state index in [1.54, 1.807) is 0 Å². The molecule has 0 aliphatic heterocycles. The summed E-state index contributed by atoms with van der Waals surface area (Å²) >= 11 is 0. The molecule has 0 saturated heterocycles. The molecule has 1 aromatic heterocycles. The van der Waals surface area contributed by atoms with Crippen LogP contribution in [0.15, 0.2) is 12.3 Å². The molecule has 0 aromatic carbocycles. The first-order chi connectivity index (χ1) is 9.53. The largest absolute Gasteiger partial charge is 0.342 e. The number of aryl methyl sites for hydroxylation is 1. The Bertz CT molecular complexity index is 438. The molecule has 0 amide bonds. The quantitative estimate of drug-likeness (QED) is 0.792. The first-order valence-electron chi connectivity index (χ1n) is 7.45. The van der Waals surface area contributed by atoms with Crippen molar-refractivity contribution in [3.63, 3.8) is 0 Å². The molecule has 1 aromatic rings. The number of nitrogens with zero attached hydrogens (tertiary/aromatic N) is 3. The average molecular weight is 276 g/mol. The van der Waals surface area contributed by atoms with Crippen LogP contribution in [0.4, 0.5) is 0 Å². The highest BCUT2D eigenvalue weighted by Gasteiger charge is 2.20. The lowest BCUT2D eigenvalue weighted by Crippen LogP contribution is -2.42. The zero-order valence-electron chi connectivity index (χ0n) is 13.5. The van der Waals surface area contributed by atoms with E-state index in [2.05, 4.69) is 44.2 Å². The molecular formula is C16H28N4. The molecule has 4 nitrogen and oxygen atoms in total. The van der Waals surface area contributed by atoms with Crippen molar-refractivity contribution in [2.75, 3.05) is 20.6 Å². The Labute approximate surface area is 123 Å². The summed E-state index contributed by atoms with van der Waals surface area (Å²) in [5.41, 5.74) is 1.89. The van der Waals surface area contributed by atoms with Crippen molar-refractivity contribution >= 4 is 0 Å². The van der Waals surface area contributed by atoms with Gasteiger partial charge in [0.05, 0.1) is 0 Å². The van der Waals surface area contributed by atoms with Crippen molar-refractivity contribution in [1.82, 2.24) is 14.8 Å². The van der Waals surface area contributed by atoms with Crippen molar-refractivity contribution in [2.24, 2.45) is 13.0 Å². The number of likely N-dealkylation sites (N-methyl/N-ethyl adjacent to an activating group) is 1. The van der Waals surface area contributed by atoms with E-state index in [9.17, 15) is 0 Å². The summed E-state index contributed by atoms with van der Waals surface area (Å²) in [4.78, 5) is 2.32. The third kappa shape index (κ3) is 4.36. The maximum absolute atomic E-state index is 8.96. The summed E-state index contributed by atoms with van der Waals surface area (Å²) in [5.74, 6) is 0.725. The normalized spacial score (nSPS) is 12.9. The van der Waals surface area contributed by atoms with E-state index in [0.29, 0.717) is 11.7 Å². The first kappa shape index (κ1) is 16.7. The number of hydrogen-bond donors (Lipinski definition) is 1. The van der Waals surface area contributed by atoms with Crippen molar-refractivity contribution in [3.8, 4) is 6.07 Å². The van der Waals surface area contributed by atoms with Crippen LogP contribution in [-0.4, -0.2) is 36.1 Å². The summed E-state index contributed by atoms with van der Waals surface area (Å²) in [6.07, 6.45) is 4.45. The SMILES string of the molecule is CCC(CC)C(CNCc1cc(C#N)n(C)c1)N(C)C. The molecule has 4 heteroatoms. The Morgan fingerprint density at radius 3 is 2.45 bits per heavy atom. The van der Waals surface area contributed by atoms with Crippen LogP contribution in [0, 0.1) is 17.2 Å². The first-order valence-corrected chi connectivity index (χ1v) is 7.45. The predicted molar refractivity (Wildman–Crippen MR) is 83.4 cm³/mol. The molecule has 1 N–H and O–H groups in total. The predicted octanol–water partition coefficient (Wildman–Crippen LogP) is 2.35. The lowest BCUT2D eigenvalue weighted by molar-refractivity contribution is 0.194. The molecule has 0 bridgehead atoms. The van der Waals surface area contributed by atoms with Crippen LogP contribution in [0.2, 0.25) is 0 Å². The zero-order valence-corrected chi connectivity index (χ0v) is 13.5. The number of rotatable bonds is 8. The third-order valence-corrected chi connectivity index (χ3v) is 4.11. The van der Waals surface area contributed by atoms with Crippen molar-refractivity contribution in [2.45, 2.75) is 39.3 Å². The van der Waals surface area contributed by atoms with Crippen molar-refractivity contribution in [1.29, 1.82) is 5.26 Å². The second-order valence-corrected chi connectivity index (χ2v) is 5.69. The fourth-order valence-electron chi connectivity index (χ4n) is 2.81. The van der Waals surface area contributed by atoms with Crippen molar-refractivity contribution < 1.29 is 0 Å². The van der Waals surface area contributed by atoms with E-state index >= 15 is 0 Å². The minimum absolute atomic E-state index is 0.559. The summed E-state index contributed by atoms with van der Waals surface area (Å²) in [6, 6.07) is 4.71. The molecule has 20 heavy (non-hydrogen) atoms. The zero-order chi connectivity index (χ0) is 15.1. The van der Waals surface area contributed by atoms with Gasteiger partial charge in [-0.1, -0.05) is 26.7 Å². The van der Waals surface area contributed by atoms with Gasteiger partial charge in [-0.3, -0.25) is 0 Å². The van der Waals surface area contributed by atoms with E-state index in [-0.39, 0.29) is 0 Å². The van der Waals surface area contributed by atoms with Crippen LogP contribution in [0.1, 0.15) is 37.9 Å². The van der Waals surface area contributed by atoms with Gasteiger partial charge in [0.25, 0.3) is 0 Å². The third-order valence-electron chi connectivity index (χ3n) is 4.11. The van der Waals surface area contributed by atoms with Gasteiger partial charge in [0.2, 0.25) is 0 Å². The smallest absolute Gasteiger partial charge is 0.120 e. The lowest BCUT2D eigenvalue weighted by Gasteiger charge is -2.31. The molecule has 112 valence electrons. The van der Waals surface area contributed by atoms with Gasteiger partial charge in [0.1, 0.15) is 11.8 Å². The van der Waals surface area contributed by atoms with Crippen LogP contribution < -0.4 is 5.32 Å². The van der Waals surface area contributed by atoms with Gasteiger partial charge in [-0.15, -0.1) is 0 Å². The van der Waals surface area contributed by atoms with Crippen LogP contribution >= 0.6 is 0 Å². The van der Waals surface area contributed by atoms with E-state index in [0.717, 1.165) is 19.0 Å². The topological polar surface area (TPSA) is 44.0 Å². The molecule has 0 radical (unpaired) electrons. The Morgan fingerprint density at radius 1 is 1.35 bits per heavy atom. The standard InChI is InChI=1S/C16H28N4/c1-6-14(7-2)16(19(3)4)11-18-10-13-8-15(9-17)20(5)12-13/h8,12,14,16,18H,6-7,10-11H2,1-5H3. The Morgan fingerprint density at radius 2 is 2.00 bits per heavy atom. The highest BCUT2D eigenvalue weighted by Crippen LogP contribution is 2.16. The summed E-state index contributed by atoms with van der Waals surface area (Å²) < 4.78 is 1.88. The highest BCUT2D eigenvalue weighted by molar-refractivity contribution is 5.28. The van der Waals surface area contributed by atoms with Gasteiger partial charge in [-0.2, -0.15) is 5.26 Å². The fourth-order valence-corrected chi connectivity index (χ4v) is 2.81. The molecule has 1 heterocycles. The molecule has 0 aliphatic carbocycles. The van der Waals surface area contributed by atoms with Crippen LogP contribution in [0.3, 0.4) is 0 Å². The highest BCUT2D eigenvalue weighted by atomic mass is 15.1. The number of aromatic nitrogens is 1. The maximum Gasteiger partial charge on any atom is 0.120 e. The monoisotopic (exact) mass is 276 g/mol. The van der Waals surface area contributed by atoms with E-state index in [1.165, 1.54) is 18.4 Å². The molecule has 1 rings (SSSR count). The molecular weight excluding hydrogens is 248 g/mol. The van der Waals surface area contributed by atoms with Crippen molar-refractivity contribution in [3.05, 3.63) is 23.5 Å². The minimum Gasteiger partial charge on any atom is -0.342 e. The summed E-state index contributed by atoms with van der Waals surface area (Å²) in [5, 5.41) is 12.5. The Balaban J connectivity index is 2.54. The van der Waals surface area contributed by atoms with Gasteiger partial charge in [0, 0.05) is 32.4 Å². The second-order valence-electron chi connectivity index (χ2n) is 5.69. The summed E-state index contributed by atoms with van der Waals surface area (Å²) in [7, 11) is 6.22. The molecule has 0 spiro atoms. The Hall–Kier alpha value is -1.31. The number of nitrogens with one attached hydrogen (secondary N) is 1. The van der Waals surface area contributed by atoms with Gasteiger partial charge in [-0.05, 0) is 31.6 Å². The summed E-state index contributed by atoms with van der Waals surface area (Å²) in [6.45, 7) is 6.33. The lowest BCUT2D eigenvalue weighted by atomic mass is 9.93. The Kier molecular flexibility index (Phi) is 6.77. The van der Waals surface area contributed by atoms with Crippen LogP contribution in [-0.2, 0) is 13.6 Å². The van der Waals surface area contributed by atoms with E-state index in [1.807, 2.05) is 23.9 Å². The molecule has 0 aliphatic rings. The maximum atomic E-state index is 8.96. The van der Waals surface area contributed by atoms with E-state index in [4.69, 9.17) is 5.26 Å². The van der Waals surface area contributed by atoms with Gasteiger partial charge in [0.15, 0.2) is 0 Å². The van der Waals surface area contributed by atoms with Crippen LogP contribution in [0.25, 0.3) is 0 Å². The molecule has 0 saturated carbocycles. The second kappa shape index (κ2) is 8.08. The van der Waals surface area contributed by atoms with Gasteiger partial charge < -0.3 is 14.8 Å². The van der Waals surface area contributed by atoms with E-state index < -0.39 is 0 Å². The van der Waals surface area contributed by atoms with Crippen LogP contribution in [0.5, 0.6) is 0 Å². The molecule has 1 atom stereocenters. The van der Waals surface area contributed by atoms with Gasteiger partial charge >= 0.3 is 0 Å². The average Bonchev–Trinajstić information content (AvgIpc) is 2.78. The fraction of sp³-hybridized carbons (Fsp3) is 0.688. The molecule has 0 fully saturated rings. The number of nitriles is 1. The van der Waals surface area contributed by atoms with Gasteiger partial charge in [-0.25, -0.2) is 0 Å². The number of hydrogen-bond acceptors (Lipinski definition) is 3. The molecule has 1 unspecified atom stereocenters. The minimum atomic E-state index is 0.559.